The Morgan fingerprint density at radius 3 is 2.64 bits per heavy atom. The van der Waals surface area contributed by atoms with Crippen LogP contribution in [0.5, 0.6) is 0 Å². The minimum atomic E-state index is -3.04. The fourth-order valence-corrected chi connectivity index (χ4v) is 3.33. The maximum Gasteiger partial charge on any atom is 0.212 e. The van der Waals surface area contributed by atoms with E-state index in [2.05, 4.69) is 4.72 Å². The molecule has 1 fully saturated rings. The molecule has 0 saturated heterocycles. The summed E-state index contributed by atoms with van der Waals surface area (Å²) < 4.78 is 25.7. The Balaban J connectivity index is 2.25. The monoisotopic (exact) mass is 239 g/mol. The Morgan fingerprint density at radius 1 is 1.50 bits per heavy atom. The average molecular weight is 240 g/mol. The topological polar surface area (TPSA) is 46.2 Å². The standard InChI is InChI=1S/C9H18ClNO2S/c1-8(3-2-6-10)11-14(12,13)7-9-4-5-9/h8-9,11H,2-7H2,1H3. The van der Waals surface area contributed by atoms with E-state index in [1.54, 1.807) is 0 Å². The minimum absolute atomic E-state index is 0.0116. The molecule has 1 rings (SSSR count). The second-order valence-electron chi connectivity index (χ2n) is 4.07. The van der Waals surface area contributed by atoms with E-state index in [1.165, 1.54) is 0 Å². The van der Waals surface area contributed by atoms with Gasteiger partial charge in [0.2, 0.25) is 10.0 Å². The summed E-state index contributed by atoms with van der Waals surface area (Å²) >= 11 is 5.53. The molecule has 0 amide bonds. The summed E-state index contributed by atoms with van der Waals surface area (Å²) in [4.78, 5) is 0. The van der Waals surface area contributed by atoms with Gasteiger partial charge in [-0.25, -0.2) is 13.1 Å². The quantitative estimate of drug-likeness (QED) is 0.688. The number of nitrogens with one attached hydrogen (secondary N) is 1. The number of rotatable bonds is 7. The zero-order valence-corrected chi connectivity index (χ0v) is 10.1. The Morgan fingerprint density at radius 2 is 2.14 bits per heavy atom. The molecule has 0 radical (unpaired) electrons. The van der Waals surface area contributed by atoms with Gasteiger partial charge in [-0.15, -0.1) is 11.6 Å². The van der Waals surface area contributed by atoms with Crippen LogP contribution in [0.15, 0.2) is 0 Å². The molecule has 0 aliphatic heterocycles. The SMILES string of the molecule is CC(CCCCl)NS(=O)(=O)CC1CC1. The van der Waals surface area contributed by atoms with Gasteiger partial charge in [0.15, 0.2) is 0 Å². The molecule has 3 nitrogen and oxygen atoms in total. The highest BCUT2D eigenvalue weighted by Crippen LogP contribution is 2.30. The molecular formula is C9H18ClNO2S. The molecule has 84 valence electrons. The molecule has 1 aliphatic carbocycles. The molecule has 1 saturated carbocycles. The van der Waals surface area contributed by atoms with Crippen molar-refractivity contribution in [3.63, 3.8) is 0 Å². The van der Waals surface area contributed by atoms with E-state index in [4.69, 9.17) is 11.6 Å². The summed E-state index contributed by atoms with van der Waals surface area (Å²) in [6.07, 6.45) is 3.80. The van der Waals surface area contributed by atoms with E-state index in [0.29, 0.717) is 17.6 Å². The third-order valence-electron chi connectivity index (χ3n) is 2.30. The number of hydrogen-bond acceptors (Lipinski definition) is 2. The number of hydrogen-bond donors (Lipinski definition) is 1. The molecule has 14 heavy (non-hydrogen) atoms. The van der Waals surface area contributed by atoms with Crippen LogP contribution in [0.2, 0.25) is 0 Å². The van der Waals surface area contributed by atoms with E-state index in [-0.39, 0.29) is 6.04 Å². The summed E-state index contributed by atoms with van der Waals surface area (Å²) in [5.41, 5.74) is 0. The predicted molar refractivity (Wildman–Crippen MR) is 59.1 cm³/mol. The van der Waals surface area contributed by atoms with Crippen LogP contribution in [-0.2, 0) is 10.0 Å². The second kappa shape index (κ2) is 5.33. The zero-order chi connectivity index (χ0) is 10.6. The first-order valence-electron chi connectivity index (χ1n) is 5.09. The lowest BCUT2D eigenvalue weighted by atomic mass is 10.2. The van der Waals surface area contributed by atoms with Gasteiger partial charge in [-0.1, -0.05) is 0 Å². The molecule has 1 N–H and O–H groups in total. The number of sulfonamides is 1. The zero-order valence-electron chi connectivity index (χ0n) is 8.50. The number of halogens is 1. The first-order chi connectivity index (χ1) is 6.53. The molecule has 0 bridgehead atoms. The van der Waals surface area contributed by atoms with Crippen molar-refractivity contribution in [2.45, 2.75) is 38.6 Å². The van der Waals surface area contributed by atoms with Crippen LogP contribution < -0.4 is 4.72 Å². The van der Waals surface area contributed by atoms with E-state index >= 15 is 0 Å². The predicted octanol–water partition coefficient (Wildman–Crippen LogP) is 1.72. The maximum atomic E-state index is 11.5. The van der Waals surface area contributed by atoms with Gasteiger partial charge in [-0.05, 0) is 38.5 Å². The van der Waals surface area contributed by atoms with Crippen molar-refractivity contribution in [2.75, 3.05) is 11.6 Å². The molecule has 1 aliphatic rings. The lowest BCUT2D eigenvalue weighted by Gasteiger charge is -2.12. The maximum absolute atomic E-state index is 11.5. The fraction of sp³-hybridized carbons (Fsp3) is 1.00. The number of alkyl halides is 1. The van der Waals surface area contributed by atoms with Crippen LogP contribution in [0.25, 0.3) is 0 Å². The third kappa shape index (κ3) is 5.17. The normalized spacial score (nSPS) is 19.6. The van der Waals surface area contributed by atoms with E-state index in [9.17, 15) is 8.42 Å². The molecule has 0 heterocycles. The molecule has 0 aromatic carbocycles. The van der Waals surface area contributed by atoms with Crippen molar-refractivity contribution in [2.24, 2.45) is 5.92 Å². The Kier molecular flexibility index (Phi) is 4.67. The molecule has 1 atom stereocenters. The average Bonchev–Trinajstić information content (AvgIpc) is 2.82. The highest BCUT2D eigenvalue weighted by molar-refractivity contribution is 7.89. The summed E-state index contributed by atoms with van der Waals surface area (Å²) in [7, 11) is -3.04. The molecular weight excluding hydrogens is 222 g/mol. The van der Waals surface area contributed by atoms with Gasteiger partial charge in [0.25, 0.3) is 0 Å². The van der Waals surface area contributed by atoms with Crippen molar-refractivity contribution < 1.29 is 8.42 Å². The largest absolute Gasteiger partial charge is 0.212 e. The smallest absolute Gasteiger partial charge is 0.212 e. The lowest BCUT2D eigenvalue weighted by molar-refractivity contribution is 0.541. The fourth-order valence-electron chi connectivity index (χ4n) is 1.39. The summed E-state index contributed by atoms with van der Waals surface area (Å²) in [6, 6.07) is 0.0116. The third-order valence-corrected chi connectivity index (χ3v) is 4.24. The summed E-state index contributed by atoms with van der Waals surface area (Å²) in [5, 5.41) is 0. The molecule has 0 aromatic heterocycles. The van der Waals surface area contributed by atoms with Crippen molar-refractivity contribution in [1.29, 1.82) is 0 Å². The molecule has 0 spiro atoms. The lowest BCUT2D eigenvalue weighted by Crippen LogP contribution is -2.34. The van der Waals surface area contributed by atoms with Crippen LogP contribution in [0, 0.1) is 5.92 Å². The van der Waals surface area contributed by atoms with Crippen molar-refractivity contribution >= 4 is 21.6 Å². The van der Waals surface area contributed by atoms with Crippen LogP contribution in [-0.4, -0.2) is 26.1 Å². The summed E-state index contributed by atoms with van der Waals surface area (Å²) in [6.45, 7) is 1.89. The second-order valence-corrected chi connectivity index (χ2v) is 6.25. The van der Waals surface area contributed by atoms with Crippen LogP contribution >= 0.6 is 11.6 Å². The summed E-state index contributed by atoms with van der Waals surface area (Å²) in [5.74, 6) is 1.31. The highest BCUT2D eigenvalue weighted by atomic mass is 35.5. The first kappa shape index (κ1) is 12.3. The molecule has 1 unspecified atom stereocenters. The van der Waals surface area contributed by atoms with Gasteiger partial charge in [0.05, 0.1) is 5.75 Å². The van der Waals surface area contributed by atoms with Crippen LogP contribution in [0.3, 0.4) is 0 Å². The van der Waals surface area contributed by atoms with Crippen molar-refractivity contribution in [3.05, 3.63) is 0 Å². The van der Waals surface area contributed by atoms with Crippen molar-refractivity contribution in [3.8, 4) is 0 Å². The Hall–Kier alpha value is 0.200. The van der Waals surface area contributed by atoms with Gasteiger partial charge in [-0.3, -0.25) is 0 Å². The van der Waals surface area contributed by atoms with Gasteiger partial charge in [0.1, 0.15) is 0 Å². The Labute approximate surface area is 91.3 Å². The van der Waals surface area contributed by atoms with E-state index in [1.807, 2.05) is 6.92 Å². The van der Waals surface area contributed by atoms with Gasteiger partial charge < -0.3 is 0 Å². The van der Waals surface area contributed by atoms with Gasteiger partial charge in [-0.2, -0.15) is 0 Å². The van der Waals surface area contributed by atoms with E-state index < -0.39 is 10.0 Å². The van der Waals surface area contributed by atoms with Crippen LogP contribution in [0.4, 0.5) is 0 Å². The van der Waals surface area contributed by atoms with Gasteiger partial charge in [0, 0.05) is 11.9 Å². The van der Waals surface area contributed by atoms with E-state index in [0.717, 1.165) is 25.7 Å². The minimum Gasteiger partial charge on any atom is -0.212 e. The molecule has 0 aromatic rings. The van der Waals surface area contributed by atoms with Crippen molar-refractivity contribution in [1.82, 2.24) is 4.72 Å². The van der Waals surface area contributed by atoms with Crippen LogP contribution in [0.1, 0.15) is 32.6 Å². The Bertz CT molecular complexity index is 262. The highest BCUT2D eigenvalue weighted by Gasteiger charge is 2.28. The molecule has 5 heteroatoms. The van der Waals surface area contributed by atoms with Gasteiger partial charge >= 0.3 is 0 Å². The first-order valence-corrected chi connectivity index (χ1v) is 7.28.